The van der Waals surface area contributed by atoms with Gasteiger partial charge in [0.1, 0.15) is 0 Å². The van der Waals surface area contributed by atoms with E-state index in [9.17, 15) is 5.11 Å². The van der Waals surface area contributed by atoms with E-state index in [1.807, 2.05) is 30.3 Å². The molecule has 1 aliphatic heterocycles. The maximum Gasteiger partial charge on any atom is 0.0964 e. The number of β-amino-alcohol motifs (C(OH)–C–C–N with tert-alkyl or cyclic N) is 1. The lowest BCUT2D eigenvalue weighted by Crippen LogP contribution is -2.41. The molecule has 21 heavy (non-hydrogen) atoms. The molecule has 1 aliphatic rings. The number of rotatable bonds is 3. The van der Waals surface area contributed by atoms with Gasteiger partial charge in [-0.25, -0.2) is 0 Å². The summed E-state index contributed by atoms with van der Waals surface area (Å²) in [6, 6.07) is 15.8. The van der Waals surface area contributed by atoms with Crippen molar-refractivity contribution in [3.63, 3.8) is 0 Å². The predicted molar refractivity (Wildman–Crippen MR) is 87.7 cm³/mol. The minimum atomic E-state index is -0.512. The van der Waals surface area contributed by atoms with Crippen LogP contribution < -0.4 is 15.5 Å². The Balaban J connectivity index is 1.79. The second-order valence-electron chi connectivity index (χ2n) is 5.54. The summed E-state index contributed by atoms with van der Waals surface area (Å²) in [6.07, 6.45) is -0.512. The van der Waals surface area contributed by atoms with Crippen molar-refractivity contribution in [2.75, 3.05) is 42.2 Å². The van der Waals surface area contributed by atoms with Gasteiger partial charge in [0.15, 0.2) is 0 Å². The Labute approximate surface area is 125 Å². The van der Waals surface area contributed by atoms with Crippen LogP contribution in [0.3, 0.4) is 0 Å². The fourth-order valence-electron chi connectivity index (χ4n) is 2.79. The molecule has 0 spiro atoms. The van der Waals surface area contributed by atoms with Gasteiger partial charge in [-0.2, -0.15) is 0 Å². The van der Waals surface area contributed by atoms with E-state index >= 15 is 0 Å². The topological polar surface area (TPSA) is 52.7 Å². The highest BCUT2D eigenvalue weighted by Crippen LogP contribution is 2.32. The minimum Gasteiger partial charge on any atom is -0.399 e. The van der Waals surface area contributed by atoms with Gasteiger partial charge in [0.05, 0.1) is 17.5 Å². The summed E-state index contributed by atoms with van der Waals surface area (Å²) in [4.78, 5) is 4.50. The number of aliphatic hydroxyl groups is 1. The van der Waals surface area contributed by atoms with Gasteiger partial charge in [-0.15, -0.1) is 0 Å². The molecular weight excluding hydrogens is 262 g/mol. The van der Waals surface area contributed by atoms with E-state index in [-0.39, 0.29) is 0 Å². The fraction of sp³-hybridized carbons (Fsp3) is 0.294. The summed E-state index contributed by atoms with van der Waals surface area (Å²) in [6.45, 7) is 2.47. The largest absolute Gasteiger partial charge is 0.399 e. The van der Waals surface area contributed by atoms with Crippen molar-refractivity contribution < 1.29 is 5.11 Å². The zero-order valence-electron chi connectivity index (χ0n) is 12.2. The first-order valence-electron chi connectivity index (χ1n) is 7.24. The summed E-state index contributed by atoms with van der Waals surface area (Å²) >= 11 is 0. The highest BCUT2D eigenvalue weighted by molar-refractivity contribution is 5.73. The van der Waals surface area contributed by atoms with Gasteiger partial charge in [-0.3, -0.25) is 0 Å². The zero-order chi connectivity index (χ0) is 14.8. The molecule has 110 valence electrons. The third-order valence-corrected chi connectivity index (χ3v) is 4.05. The molecule has 0 aliphatic carbocycles. The van der Waals surface area contributed by atoms with Gasteiger partial charge in [0, 0.05) is 32.4 Å². The summed E-state index contributed by atoms with van der Waals surface area (Å²) in [5, 5.41) is 10.5. The van der Waals surface area contributed by atoms with Crippen LogP contribution in [0.15, 0.2) is 48.5 Å². The number of nitrogens with zero attached hydrogens (tertiary/aromatic N) is 2. The second kappa shape index (κ2) is 5.66. The van der Waals surface area contributed by atoms with E-state index < -0.39 is 6.10 Å². The number of fused-ring (bicyclic) bond motifs is 1. The zero-order valence-corrected chi connectivity index (χ0v) is 12.2. The van der Waals surface area contributed by atoms with Crippen molar-refractivity contribution in [3.05, 3.63) is 54.1 Å². The Morgan fingerprint density at radius 1 is 1.05 bits per heavy atom. The average Bonchev–Trinajstić information content (AvgIpc) is 2.51. The summed E-state index contributed by atoms with van der Waals surface area (Å²) < 4.78 is 0. The van der Waals surface area contributed by atoms with Crippen LogP contribution in [0.2, 0.25) is 0 Å². The molecule has 1 unspecified atom stereocenters. The number of hydrogen-bond acceptors (Lipinski definition) is 4. The molecule has 3 N–H and O–H groups in total. The second-order valence-corrected chi connectivity index (χ2v) is 5.54. The molecule has 0 saturated heterocycles. The van der Waals surface area contributed by atoms with Crippen LogP contribution in [0.5, 0.6) is 0 Å². The number of anilines is 3. The molecule has 3 rings (SSSR count). The molecule has 0 bridgehead atoms. The smallest absolute Gasteiger partial charge is 0.0964 e. The van der Waals surface area contributed by atoms with Gasteiger partial charge in [0.25, 0.3) is 0 Å². The SMILES string of the molecule is CN1CCN(CC(O)c2ccc(N)cc2)c2ccccc21. The van der Waals surface area contributed by atoms with E-state index in [0.29, 0.717) is 6.54 Å². The van der Waals surface area contributed by atoms with Crippen molar-refractivity contribution in [2.45, 2.75) is 6.10 Å². The molecule has 0 aromatic heterocycles. The number of hydrogen-bond donors (Lipinski definition) is 2. The Hall–Kier alpha value is -2.20. The maximum absolute atomic E-state index is 10.5. The van der Waals surface area contributed by atoms with Crippen molar-refractivity contribution in [1.29, 1.82) is 0 Å². The van der Waals surface area contributed by atoms with E-state index in [2.05, 4.69) is 35.0 Å². The number of para-hydroxylation sites is 2. The standard InChI is InChI=1S/C17H21N3O/c1-19-10-11-20(16-5-3-2-4-15(16)19)12-17(21)13-6-8-14(18)9-7-13/h2-9,17,21H,10-12,18H2,1H3. The first kappa shape index (κ1) is 13.8. The Bertz CT molecular complexity index is 612. The number of likely N-dealkylation sites (N-methyl/N-ethyl adjacent to an activating group) is 1. The third-order valence-electron chi connectivity index (χ3n) is 4.05. The van der Waals surface area contributed by atoms with Gasteiger partial charge >= 0.3 is 0 Å². The Morgan fingerprint density at radius 3 is 2.43 bits per heavy atom. The lowest BCUT2D eigenvalue weighted by molar-refractivity contribution is 0.183. The van der Waals surface area contributed by atoms with Crippen LogP contribution in [0.4, 0.5) is 17.1 Å². The van der Waals surface area contributed by atoms with Crippen molar-refractivity contribution in [1.82, 2.24) is 0 Å². The molecule has 1 heterocycles. The highest BCUT2D eigenvalue weighted by atomic mass is 16.3. The Kier molecular flexibility index (Phi) is 3.71. The van der Waals surface area contributed by atoms with Gasteiger partial charge in [0.2, 0.25) is 0 Å². The van der Waals surface area contributed by atoms with Crippen LogP contribution in [-0.2, 0) is 0 Å². The number of benzene rings is 2. The summed E-state index contributed by atoms with van der Waals surface area (Å²) in [7, 11) is 2.10. The maximum atomic E-state index is 10.5. The molecule has 2 aromatic carbocycles. The first-order valence-corrected chi connectivity index (χ1v) is 7.24. The van der Waals surface area contributed by atoms with E-state index in [0.717, 1.165) is 24.3 Å². The van der Waals surface area contributed by atoms with Gasteiger partial charge in [-0.1, -0.05) is 24.3 Å². The average molecular weight is 283 g/mol. The van der Waals surface area contributed by atoms with E-state index in [1.165, 1.54) is 11.4 Å². The van der Waals surface area contributed by atoms with Crippen LogP contribution in [-0.4, -0.2) is 31.8 Å². The van der Waals surface area contributed by atoms with E-state index in [1.54, 1.807) is 0 Å². The fourth-order valence-corrected chi connectivity index (χ4v) is 2.79. The number of nitrogen functional groups attached to an aromatic ring is 1. The molecule has 0 fully saturated rings. The van der Waals surface area contributed by atoms with Crippen molar-refractivity contribution in [3.8, 4) is 0 Å². The van der Waals surface area contributed by atoms with Gasteiger partial charge < -0.3 is 20.6 Å². The molecular formula is C17H21N3O. The first-order chi connectivity index (χ1) is 10.1. The number of nitrogens with two attached hydrogens (primary N) is 1. The summed E-state index contributed by atoms with van der Waals surface area (Å²) in [5.74, 6) is 0. The van der Waals surface area contributed by atoms with Gasteiger partial charge in [-0.05, 0) is 29.8 Å². The molecule has 4 nitrogen and oxygen atoms in total. The minimum absolute atomic E-state index is 0.512. The van der Waals surface area contributed by atoms with Crippen molar-refractivity contribution in [2.24, 2.45) is 0 Å². The molecule has 0 saturated carbocycles. The number of aliphatic hydroxyl groups excluding tert-OH is 1. The quantitative estimate of drug-likeness (QED) is 0.848. The molecule has 0 radical (unpaired) electrons. The highest BCUT2D eigenvalue weighted by Gasteiger charge is 2.22. The predicted octanol–water partition coefficient (Wildman–Crippen LogP) is 2.26. The normalized spacial score (nSPS) is 15.7. The Morgan fingerprint density at radius 2 is 1.71 bits per heavy atom. The van der Waals surface area contributed by atoms with Crippen LogP contribution in [0, 0.1) is 0 Å². The lowest BCUT2D eigenvalue weighted by Gasteiger charge is -2.38. The van der Waals surface area contributed by atoms with Crippen LogP contribution in [0.25, 0.3) is 0 Å². The lowest BCUT2D eigenvalue weighted by atomic mass is 10.1. The molecule has 4 heteroatoms. The van der Waals surface area contributed by atoms with Crippen LogP contribution >= 0.6 is 0 Å². The monoisotopic (exact) mass is 283 g/mol. The van der Waals surface area contributed by atoms with Crippen molar-refractivity contribution >= 4 is 17.1 Å². The summed E-state index contributed by atoms with van der Waals surface area (Å²) in [5.41, 5.74) is 9.71. The van der Waals surface area contributed by atoms with E-state index in [4.69, 9.17) is 5.73 Å². The van der Waals surface area contributed by atoms with Crippen LogP contribution in [0.1, 0.15) is 11.7 Å². The third kappa shape index (κ3) is 2.81. The molecule has 2 aromatic rings. The molecule has 1 atom stereocenters. The molecule has 0 amide bonds.